The van der Waals surface area contributed by atoms with Crippen LogP contribution in [0.2, 0.25) is 0 Å². The van der Waals surface area contributed by atoms with Gasteiger partial charge in [0.1, 0.15) is 17.9 Å². The van der Waals surface area contributed by atoms with Gasteiger partial charge in [0.25, 0.3) is 5.91 Å². The van der Waals surface area contributed by atoms with Crippen molar-refractivity contribution < 1.29 is 13.9 Å². The molecule has 1 aliphatic heterocycles. The van der Waals surface area contributed by atoms with Gasteiger partial charge >= 0.3 is 0 Å². The van der Waals surface area contributed by atoms with Gasteiger partial charge in [-0.3, -0.25) is 9.69 Å². The monoisotopic (exact) mass is 373 g/mol. The molecular weight excluding hydrogens is 346 g/mol. The van der Waals surface area contributed by atoms with Crippen molar-refractivity contribution in [2.24, 2.45) is 0 Å². The van der Waals surface area contributed by atoms with E-state index in [0.29, 0.717) is 47.9 Å². The molecule has 8 nitrogen and oxygen atoms in total. The lowest BCUT2D eigenvalue weighted by atomic mass is 10.1. The predicted octanol–water partition coefficient (Wildman–Crippen LogP) is 1.90. The number of methoxy groups -OCH3 is 1. The first kappa shape index (κ1) is 18.2. The van der Waals surface area contributed by atoms with E-state index in [1.54, 1.807) is 7.11 Å². The fraction of sp³-hybridized carbons (Fsp3) is 0.632. The Bertz CT molecular complexity index is 837. The van der Waals surface area contributed by atoms with E-state index in [2.05, 4.69) is 27.1 Å². The van der Waals surface area contributed by atoms with Gasteiger partial charge in [0.15, 0.2) is 0 Å². The van der Waals surface area contributed by atoms with Crippen LogP contribution in [-0.4, -0.2) is 77.7 Å². The predicted molar refractivity (Wildman–Crippen MR) is 102 cm³/mol. The molecule has 2 aromatic heterocycles. The minimum Gasteiger partial charge on any atom is -0.442 e. The van der Waals surface area contributed by atoms with Crippen molar-refractivity contribution in [3.8, 4) is 0 Å². The highest BCUT2D eigenvalue weighted by Gasteiger charge is 2.39. The zero-order valence-corrected chi connectivity index (χ0v) is 16.2. The van der Waals surface area contributed by atoms with E-state index in [4.69, 9.17) is 9.15 Å². The molecule has 0 aromatic carbocycles. The Labute approximate surface area is 158 Å². The van der Waals surface area contributed by atoms with E-state index in [0.717, 1.165) is 32.5 Å². The molecule has 0 radical (unpaired) electrons. The maximum Gasteiger partial charge on any atom is 0.258 e. The lowest BCUT2D eigenvalue weighted by Crippen LogP contribution is -2.49. The van der Waals surface area contributed by atoms with Crippen LogP contribution in [0.4, 0.5) is 5.82 Å². The maximum absolute atomic E-state index is 13.3. The van der Waals surface area contributed by atoms with E-state index < -0.39 is 0 Å². The van der Waals surface area contributed by atoms with Crippen LogP contribution < -0.4 is 5.32 Å². The van der Waals surface area contributed by atoms with Crippen molar-refractivity contribution in [2.45, 2.75) is 32.2 Å². The minimum atomic E-state index is -0.00329. The highest BCUT2D eigenvalue weighted by atomic mass is 16.5. The van der Waals surface area contributed by atoms with E-state index in [1.165, 1.54) is 6.33 Å². The summed E-state index contributed by atoms with van der Waals surface area (Å²) in [5.41, 5.74) is 1.11. The van der Waals surface area contributed by atoms with Crippen LogP contribution in [0.5, 0.6) is 0 Å². The van der Waals surface area contributed by atoms with Crippen molar-refractivity contribution in [1.82, 2.24) is 19.8 Å². The number of aromatic nitrogens is 2. The van der Waals surface area contributed by atoms with Crippen LogP contribution in [-0.2, 0) is 4.74 Å². The number of ether oxygens (including phenoxy) is 1. The van der Waals surface area contributed by atoms with E-state index >= 15 is 0 Å². The summed E-state index contributed by atoms with van der Waals surface area (Å²) >= 11 is 0. The molecule has 0 spiro atoms. The molecule has 1 amide bonds. The number of anilines is 1. The molecule has 1 saturated carbocycles. The maximum atomic E-state index is 13.3. The van der Waals surface area contributed by atoms with Crippen LogP contribution in [0.1, 0.15) is 35.9 Å². The summed E-state index contributed by atoms with van der Waals surface area (Å²) in [4.78, 5) is 26.1. The van der Waals surface area contributed by atoms with Gasteiger partial charge in [-0.25, -0.2) is 9.97 Å². The topological polar surface area (TPSA) is 83.7 Å². The molecule has 146 valence electrons. The van der Waals surface area contributed by atoms with Crippen LogP contribution in [0.15, 0.2) is 10.7 Å². The molecule has 8 heteroatoms. The molecule has 1 N–H and O–H groups in total. The first-order chi connectivity index (χ1) is 13.0. The molecule has 3 heterocycles. The normalized spacial score (nSPS) is 19.4. The second kappa shape index (κ2) is 7.09. The Hall–Kier alpha value is -2.19. The molecule has 2 aromatic rings. The molecule has 1 saturated heterocycles. The van der Waals surface area contributed by atoms with Crippen molar-refractivity contribution in [2.75, 3.05) is 51.8 Å². The van der Waals surface area contributed by atoms with Crippen molar-refractivity contribution >= 4 is 22.8 Å². The number of aryl methyl sites for hydroxylation is 1. The number of amides is 1. The zero-order valence-electron chi connectivity index (χ0n) is 16.2. The largest absolute Gasteiger partial charge is 0.442 e. The molecule has 0 unspecified atom stereocenters. The average molecular weight is 373 g/mol. The fourth-order valence-corrected chi connectivity index (χ4v) is 3.55. The number of furan rings is 1. The SMILES string of the molecule is COCCN1CCN(C(=O)c2c(C)oc3ncnc(NC4(C)CC4)c23)CC1. The Balaban J connectivity index is 1.58. The van der Waals surface area contributed by atoms with Gasteiger partial charge in [0, 0.05) is 45.4 Å². The van der Waals surface area contributed by atoms with Crippen molar-refractivity contribution in [3.63, 3.8) is 0 Å². The average Bonchev–Trinajstić information content (AvgIpc) is 3.28. The van der Waals surface area contributed by atoms with Gasteiger partial charge in [-0.05, 0) is 26.7 Å². The Kier molecular flexibility index (Phi) is 4.77. The highest BCUT2D eigenvalue weighted by molar-refractivity contribution is 6.10. The lowest BCUT2D eigenvalue weighted by Gasteiger charge is -2.34. The Morgan fingerprint density at radius 3 is 2.70 bits per heavy atom. The number of hydrogen-bond donors (Lipinski definition) is 1. The van der Waals surface area contributed by atoms with Gasteiger partial charge in [-0.1, -0.05) is 0 Å². The quantitative estimate of drug-likeness (QED) is 0.828. The minimum absolute atomic E-state index is 0.00329. The summed E-state index contributed by atoms with van der Waals surface area (Å²) in [5, 5.41) is 4.18. The van der Waals surface area contributed by atoms with Crippen LogP contribution in [0.25, 0.3) is 11.1 Å². The van der Waals surface area contributed by atoms with Gasteiger partial charge in [0.05, 0.1) is 17.6 Å². The molecule has 2 fully saturated rings. The van der Waals surface area contributed by atoms with Gasteiger partial charge in [-0.2, -0.15) is 0 Å². The zero-order chi connectivity index (χ0) is 19.0. The van der Waals surface area contributed by atoms with Crippen molar-refractivity contribution in [1.29, 1.82) is 0 Å². The number of nitrogens with one attached hydrogen (secondary N) is 1. The van der Waals surface area contributed by atoms with E-state index in [9.17, 15) is 4.79 Å². The first-order valence-corrected chi connectivity index (χ1v) is 9.53. The number of piperazine rings is 1. The second-order valence-corrected chi connectivity index (χ2v) is 7.75. The number of hydrogen-bond acceptors (Lipinski definition) is 7. The molecule has 0 atom stereocenters. The summed E-state index contributed by atoms with van der Waals surface area (Å²) in [6, 6.07) is 0. The first-order valence-electron chi connectivity index (χ1n) is 9.53. The third-order valence-corrected chi connectivity index (χ3v) is 5.57. The number of fused-ring (bicyclic) bond motifs is 1. The third kappa shape index (κ3) is 3.64. The number of nitrogens with zero attached hydrogens (tertiary/aromatic N) is 4. The van der Waals surface area contributed by atoms with Gasteiger partial charge in [-0.15, -0.1) is 0 Å². The molecule has 1 aliphatic carbocycles. The van der Waals surface area contributed by atoms with Crippen LogP contribution in [0, 0.1) is 6.92 Å². The fourth-order valence-electron chi connectivity index (χ4n) is 3.55. The molecular formula is C19H27N5O3. The molecule has 4 rings (SSSR count). The highest BCUT2D eigenvalue weighted by Crippen LogP contribution is 2.40. The van der Waals surface area contributed by atoms with Crippen LogP contribution >= 0.6 is 0 Å². The number of carbonyl (C=O) groups excluding carboxylic acids is 1. The third-order valence-electron chi connectivity index (χ3n) is 5.57. The Morgan fingerprint density at radius 2 is 2.04 bits per heavy atom. The summed E-state index contributed by atoms with van der Waals surface area (Å²) in [6.07, 6.45) is 3.69. The summed E-state index contributed by atoms with van der Waals surface area (Å²) in [6.45, 7) is 8.69. The van der Waals surface area contributed by atoms with E-state index in [1.807, 2.05) is 11.8 Å². The molecule has 27 heavy (non-hydrogen) atoms. The summed E-state index contributed by atoms with van der Waals surface area (Å²) in [5.74, 6) is 1.29. The number of rotatable bonds is 6. The lowest BCUT2D eigenvalue weighted by molar-refractivity contribution is 0.0594. The smallest absolute Gasteiger partial charge is 0.258 e. The Morgan fingerprint density at radius 1 is 1.30 bits per heavy atom. The number of carbonyl (C=O) groups is 1. The van der Waals surface area contributed by atoms with Gasteiger partial charge < -0.3 is 19.4 Å². The molecule has 2 aliphatic rings. The summed E-state index contributed by atoms with van der Waals surface area (Å²) in [7, 11) is 1.71. The van der Waals surface area contributed by atoms with E-state index in [-0.39, 0.29) is 11.4 Å². The van der Waals surface area contributed by atoms with Crippen LogP contribution in [0.3, 0.4) is 0 Å². The van der Waals surface area contributed by atoms with Crippen molar-refractivity contribution in [3.05, 3.63) is 17.7 Å². The second-order valence-electron chi connectivity index (χ2n) is 7.75. The molecule has 0 bridgehead atoms. The van der Waals surface area contributed by atoms with Gasteiger partial charge in [0.2, 0.25) is 5.71 Å². The summed E-state index contributed by atoms with van der Waals surface area (Å²) < 4.78 is 10.9. The standard InChI is InChI=1S/C19H27N5O3/c1-13-14(18(25)24-8-6-23(7-9-24)10-11-26-3)15-16(22-19(2)4-5-19)20-12-21-17(15)27-13/h12H,4-11H2,1-3H3,(H,20,21,22).